The maximum Gasteiger partial charge on any atom is 0.320 e. The van der Waals surface area contributed by atoms with Crippen LogP contribution in [-0.4, -0.2) is 86.8 Å². The van der Waals surface area contributed by atoms with Gasteiger partial charge in [-0.15, -0.1) is 0 Å². The van der Waals surface area contributed by atoms with Gasteiger partial charge in [-0.1, -0.05) is 26.0 Å². The van der Waals surface area contributed by atoms with E-state index in [-0.39, 0.29) is 36.5 Å². The van der Waals surface area contributed by atoms with Crippen LogP contribution < -0.4 is 0 Å². The number of nitrogens with zero attached hydrogens (tertiary/aromatic N) is 5. The topological polar surface area (TPSA) is 128 Å². The summed E-state index contributed by atoms with van der Waals surface area (Å²) in [6.07, 6.45) is 13.1. The molecule has 2 aromatic heterocycles. The average Bonchev–Trinajstić information content (AvgIpc) is 3.72. The predicted molar refractivity (Wildman–Crippen MR) is 165 cm³/mol. The maximum atomic E-state index is 13.7. The molecule has 1 fully saturated rings. The van der Waals surface area contributed by atoms with E-state index in [1.807, 2.05) is 19.1 Å². The lowest BCUT2D eigenvalue weighted by Gasteiger charge is -2.40. The van der Waals surface area contributed by atoms with Crippen molar-refractivity contribution in [1.29, 1.82) is 0 Å². The van der Waals surface area contributed by atoms with E-state index in [9.17, 15) is 13.2 Å². The summed E-state index contributed by atoms with van der Waals surface area (Å²) in [5.41, 5.74) is 0.951. The van der Waals surface area contributed by atoms with Crippen LogP contribution >= 0.6 is 0 Å². The smallest absolute Gasteiger partial charge is 0.320 e. The Labute approximate surface area is 256 Å². The molecule has 1 saturated carbocycles. The van der Waals surface area contributed by atoms with Crippen molar-refractivity contribution >= 4 is 16.0 Å². The van der Waals surface area contributed by atoms with Gasteiger partial charge in [0.1, 0.15) is 11.6 Å². The largest absolute Gasteiger partial charge is 0.465 e. The van der Waals surface area contributed by atoms with E-state index in [1.54, 1.807) is 36.9 Å². The normalized spacial score (nSPS) is 17.6. The quantitative estimate of drug-likeness (QED) is 0.216. The van der Waals surface area contributed by atoms with Gasteiger partial charge in [0.2, 0.25) is 10.0 Å². The summed E-state index contributed by atoms with van der Waals surface area (Å²) in [4.78, 5) is 32.0. The van der Waals surface area contributed by atoms with Gasteiger partial charge in [-0.25, -0.2) is 18.4 Å². The second-order valence-electron chi connectivity index (χ2n) is 11.2. The molecule has 0 bridgehead atoms. The van der Waals surface area contributed by atoms with Crippen LogP contribution in [0.2, 0.25) is 0 Å². The highest BCUT2D eigenvalue weighted by molar-refractivity contribution is 7.89. The number of aromatic nitrogens is 4. The van der Waals surface area contributed by atoms with Crippen LogP contribution in [0, 0.1) is 0 Å². The fourth-order valence-corrected chi connectivity index (χ4v) is 7.37. The standard InChI is InChI=1S/C31H47N7O4S/c1-4-19-36(20-5-2)26-9-11-27(12-10-26)37(24-31(39)42-6-3)21-25-7-13-28(14-8-25)43(40,41)38(22-29-32-15-16-33-29)23-30-34-17-18-35-30/h7-8,13-18,26-27H,4-6,9-12,19-24H2,1-3H3,(H,32,33)(H,34,35). The van der Waals surface area contributed by atoms with Gasteiger partial charge >= 0.3 is 5.97 Å². The average molecular weight is 614 g/mol. The van der Waals surface area contributed by atoms with Crippen molar-refractivity contribution in [2.45, 2.75) is 95.9 Å². The van der Waals surface area contributed by atoms with E-state index in [2.05, 4.69) is 43.6 Å². The lowest BCUT2D eigenvalue weighted by Crippen LogP contribution is -2.46. The summed E-state index contributed by atoms with van der Waals surface area (Å²) in [7, 11) is -3.85. The third-order valence-electron chi connectivity index (χ3n) is 8.07. The van der Waals surface area contributed by atoms with Crippen molar-refractivity contribution in [3.8, 4) is 0 Å². The number of ether oxygens (including phenoxy) is 1. The zero-order valence-electron chi connectivity index (χ0n) is 25.7. The Bertz CT molecular complexity index is 1280. The first-order valence-electron chi connectivity index (χ1n) is 15.5. The number of rotatable bonds is 17. The van der Waals surface area contributed by atoms with E-state index in [0.717, 1.165) is 57.2 Å². The number of aromatic amines is 2. The number of benzene rings is 1. The van der Waals surface area contributed by atoms with E-state index >= 15 is 0 Å². The number of carbonyl (C=O) groups excluding carboxylic acids is 1. The minimum Gasteiger partial charge on any atom is -0.465 e. The van der Waals surface area contributed by atoms with Gasteiger partial charge in [-0.2, -0.15) is 4.31 Å². The molecule has 3 aromatic rings. The van der Waals surface area contributed by atoms with Crippen molar-refractivity contribution in [1.82, 2.24) is 34.0 Å². The molecule has 0 amide bonds. The Hall–Kier alpha value is -3.06. The highest BCUT2D eigenvalue weighted by Crippen LogP contribution is 2.29. The van der Waals surface area contributed by atoms with E-state index < -0.39 is 10.0 Å². The van der Waals surface area contributed by atoms with Gasteiger partial charge in [0.05, 0.1) is 31.1 Å². The Morgan fingerprint density at radius 1 is 0.837 bits per heavy atom. The van der Waals surface area contributed by atoms with E-state index in [0.29, 0.717) is 30.8 Å². The molecule has 1 aliphatic rings. The van der Waals surface area contributed by atoms with Crippen LogP contribution in [0.5, 0.6) is 0 Å². The Balaban J connectivity index is 1.47. The second kappa shape index (κ2) is 16.1. The van der Waals surface area contributed by atoms with Crippen molar-refractivity contribution in [3.05, 3.63) is 66.3 Å². The highest BCUT2D eigenvalue weighted by atomic mass is 32.2. The molecular formula is C31H47N7O4S. The number of hydrogen-bond donors (Lipinski definition) is 2. The molecule has 4 rings (SSSR count). The number of esters is 1. The van der Waals surface area contributed by atoms with Crippen molar-refractivity contribution in [2.75, 3.05) is 26.2 Å². The number of imidazole rings is 2. The molecule has 43 heavy (non-hydrogen) atoms. The molecule has 2 N–H and O–H groups in total. The highest BCUT2D eigenvalue weighted by Gasteiger charge is 2.31. The lowest BCUT2D eigenvalue weighted by atomic mass is 9.88. The number of nitrogens with one attached hydrogen (secondary N) is 2. The van der Waals surface area contributed by atoms with Crippen LogP contribution in [0.25, 0.3) is 0 Å². The molecule has 2 heterocycles. The Kier molecular flexibility index (Phi) is 12.3. The summed E-state index contributed by atoms with van der Waals surface area (Å²) in [5, 5.41) is 0. The predicted octanol–water partition coefficient (Wildman–Crippen LogP) is 4.32. The van der Waals surface area contributed by atoms with E-state index in [4.69, 9.17) is 4.74 Å². The van der Waals surface area contributed by atoms with Crippen LogP contribution in [0.1, 0.15) is 76.5 Å². The zero-order chi connectivity index (χ0) is 30.7. The van der Waals surface area contributed by atoms with Crippen LogP contribution in [0.15, 0.2) is 53.9 Å². The summed E-state index contributed by atoms with van der Waals surface area (Å²) < 4.78 is 34.1. The molecule has 236 valence electrons. The molecule has 0 spiro atoms. The molecule has 11 nitrogen and oxygen atoms in total. The molecule has 0 unspecified atom stereocenters. The number of hydrogen-bond acceptors (Lipinski definition) is 8. The molecule has 12 heteroatoms. The van der Waals surface area contributed by atoms with Gasteiger partial charge in [0, 0.05) is 43.4 Å². The number of carbonyl (C=O) groups is 1. The summed E-state index contributed by atoms with van der Waals surface area (Å²) in [6, 6.07) is 7.85. The molecule has 1 aromatic carbocycles. The van der Waals surface area contributed by atoms with Crippen LogP contribution in [0.4, 0.5) is 0 Å². The van der Waals surface area contributed by atoms with Crippen molar-refractivity contribution in [2.24, 2.45) is 0 Å². The first-order chi connectivity index (χ1) is 20.8. The first-order valence-corrected chi connectivity index (χ1v) is 17.0. The number of H-pyrrole nitrogens is 2. The van der Waals surface area contributed by atoms with Gasteiger partial charge in [0.15, 0.2) is 0 Å². The lowest BCUT2D eigenvalue weighted by molar-refractivity contribution is -0.145. The number of sulfonamides is 1. The minimum atomic E-state index is -3.85. The van der Waals surface area contributed by atoms with Crippen LogP contribution in [0.3, 0.4) is 0 Å². The molecule has 0 saturated heterocycles. The molecule has 0 radical (unpaired) electrons. The molecule has 1 aliphatic carbocycles. The second-order valence-corrected chi connectivity index (χ2v) is 13.1. The Morgan fingerprint density at radius 2 is 1.37 bits per heavy atom. The fraction of sp³-hybridized carbons (Fsp3) is 0.581. The van der Waals surface area contributed by atoms with Crippen molar-refractivity contribution in [3.63, 3.8) is 0 Å². The maximum absolute atomic E-state index is 13.7. The van der Waals surface area contributed by atoms with E-state index in [1.165, 1.54) is 4.31 Å². The van der Waals surface area contributed by atoms with Crippen LogP contribution in [-0.2, 0) is 39.2 Å². The molecular weight excluding hydrogens is 566 g/mol. The minimum absolute atomic E-state index is 0.0850. The van der Waals surface area contributed by atoms with Gasteiger partial charge < -0.3 is 19.6 Å². The monoisotopic (exact) mass is 613 g/mol. The summed E-state index contributed by atoms with van der Waals surface area (Å²) in [5.74, 6) is 0.862. The summed E-state index contributed by atoms with van der Waals surface area (Å²) >= 11 is 0. The van der Waals surface area contributed by atoms with Gasteiger partial charge in [-0.05, 0) is 76.2 Å². The fourth-order valence-electron chi connectivity index (χ4n) is 6.01. The van der Waals surface area contributed by atoms with Crippen molar-refractivity contribution < 1.29 is 17.9 Å². The van der Waals surface area contributed by atoms with Gasteiger partial charge in [0.25, 0.3) is 0 Å². The summed E-state index contributed by atoms with van der Waals surface area (Å²) in [6.45, 7) is 9.84. The van der Waals surface area contributed by atoms with Gasteiger partial charge in [-0.3, -0.25) is 9.69 Å². The Morgan fingerprint density at radius 3 is 1.84 bits per heavy atom. The third-order valence-corrected chi connectivity index (χ3v) is 9.87. The SMILES string of the molecule is CCCN(CCC)C1CCC(N(CC(=O)OCC)Cc2ccc(S(=O)(=O)N(Cc3ncc[nH]3)Cc3ncc[nH]3)cc2)CC1. The first kappa shape index (κ1) is 32.8. The third kappa shape index (κ3) is 9.21. The molecule has 0 atom stereocenters. The zero-order valence-corrected chi connectivity index (χ0v) is 26.6. The molecule has 0 aliphatic heterocycles.